The number of nitrogens with one attached hydrogen (secondary N) is 1. The number of aryl methyl sites for hydroxylation is 1. The first-order valence-electron chi connectivity index (χ1n) is 5.80. The molecular formula is C14H11ClN2O3. The van der Waals surface area contributed by atoms with Crippen molar-refractivity contribution in [3.8, 4) is 0 Å². The van der Waals surface area contributed by atoms with Crippen molar-refractivity contribution in [2.75, 3.05) is 5.32 Å². The first-order chi connectivity index (χ1) is 9.49. The van der Waals surface area contributed by atoms with E-state index in [4.69, 9.17) is 11.6 Å². The Morgan fingerprint density at radius 1 is 1.25 bits per heavy atom. The van der Waals surface area contributed by atoms with Gasteiger partial charge in [-0.25, -0.2) is 0 Å². The monoisotopic (exact) mass is 290 g/mol. The van der Waals surface area contributed by atoms with Crippen molar-refractivity contribution in [2.45, 2.75) is 6.92 Å². The zero-order chi connectivity index (χ0) is 14.7. The predicted octanol–water partition coefficient (Wildman–Crippen LogP) is 3.81. The summed E-state index contributed by atoms with van der Waals surface area (Å²) in [5.74, 6) is -0.539. The van der Waals surface area contributed by atoms with Crippen molar-refractivity contribution in [2.24, 2.45) is 0 Å². The fourth-order valence-corrected chi connectivity index (χ4v) is 2.04. The van der Waals surface area contributed by atoms with Gasteiger partial charge < -0.3 is 5.32 Å². The number of hydrogen-bond acceptors (Lipinski definition) is 3. The predicted molar refractivity (Wildman–Crippen MR) is 77.2 cm³/mol. The van der Waals surface area contributed by atoms with Gasteiger partial charge in [-0.05, 0) is 31.2 Å². The molecule has 5 nitrogen and oxygen atoms in total. The molecule has 102 valence electrons. The maximum atomic E-state index is 12.1. The van der Waals surface area contributed by atoms with Crippen LogP contribution in [-0.2, 0) is 0 Å². The summed E-state index contributed by atoms with van der Waals surface area (Å²) >= 11 is 5.82. The molecule has 0 aliphatic heterocycles. The molecule has 0 spiro atoms. The lowest BCUT2D eigenvalue weighted by Crippen LogP contribution is -2.14. The number of halogens is 1. The Morgan fingerprint density at radius 3 is 2.60 bits per heavy atom. The quantitative estimate of drug-likeness (QED) is 0.690. The number of amides is 1. The summed E-state index contributed by atoms with van der Waals surface area (Å²) in [6, 6.07) is 11.2. The number of anilines is 1. The van der Waals surface area contributed by atoms with Crippen LogP contribution >= 0.6 is 11.6 Å². The number of para-hydroxylation sites is 1. The SMILES string of the molecule is Cc1cccc(C(=O)Nc2cccc(Cl)c2)c1[N+](=O)[O-]. The molecule has 0 unspecified atom stereocenters. The molecule has 0 aliphatic rings. The van der Waals surface area contributed by atoms with Crippen LogP contribution in [0.5, 0.6) is 0 Å². The van der Waals surface area contributed by atoms with Gasteiger partial charge in [0.05, 0.1) is 4.92 Å². The molecule has 0 saturated carbocycles. The van der Waals surface area contributed by atoms with Gasteiger partial charge in [0.15, 0.2) is 0 Å². The van der Waals surface area contributed by atoms with Crippen molar-refractivity contribution in [3.63, 3.8) is 0 Å². The van der Waals surface area contributed by atoms with Crippen LogP contribution in [0.4, 0.5) is 11.4 Å². The van der Waals surface area contributed by atoms with E-state index in [1.54, 1.807) is 43.3 Å². The van der Waals surface area contributed by atoms with Crippen molar-refractivity contribution in [3.05, 3.63) is 68.7 Å². The Balaban J connectivity index is 2.35. The van der Waals surface area contributed by atoms with E-state index in [9.17, 15) is 14.9 Å². The Labute approximate surface area is 120 Å². The van der Waals surface area contributed by atoms with Gasteiger partial charge in [-0.3, -0.25) is 14.9 Å². The number of benzene rings is 2. The number of nitrogens with zero attached hydrogens (tertiary/aromatic N) is 1. The molecule has 0 radical (unpaired) electrons. The maximum absolute atomic E-state index is 12.1. The second kappa shape index (κ2) is 5.71. The van der Waals surface area contributed by atoms with E-state index in [2.05, 4.69) is 5.32 Å². The molecule has 1 amide bonds. The van der Waals surface area contributed by atoms with Crippen molar-refractivity contribution >= 4 is 28.9 Å². The number of nitro groups is 1. The zero-order valence-electron chi connectivity index (χ0n) is 10.6. The van der Waals surface area contributed by atoms with Gasteiger partial charge in [0.25, 0.3) is 11.6 Å². The summed E-state index contributed by atoms with van der Waals surface area (Å²) in [6.07, 6.45) is 0. The van der Waals surface area contributed by atoms with Gasteiger partial charge in [-0.15, -0.1) is 0 Å². The molecule has 20 heavy (non-hydrogen) atoms. The van der Waals surface area contributed by atoms with E-state index in [0.717, 1.165) is 0 Å². The van der Waals surface area contributed by atoms with E-state index in [-0.39, 0.29) is 11.3 Å². The normalized spacial score (nSPS) is 10.1. The summed E-state index contributed by atoms with van der Waals surface area (Å²) in [5, 5.41) is 14.1. The van der Waals surface area contributed by atoms with E-state index in [0.29, 0.717) is 16.3 Å². The molecule has 0 saturated heterocycles. The summed E-state index contributed by atoms with van der Waals surface area (Å²) in [6.45, 7) is 1.59. The van der Waals surface area contributed by atoms with Crippen molar-refractivity contribution in [1.82, 2.24) is 0 Å². The van der Waals surface area contributed by atoms with E-state index in [1.165, 1.54) is 6.07 Å². The molecular weight excluding hydrogens is 280 g/mol. The Bertz CT molecular complexity index is 686. The van der Waals surface area contributed by atoms with E-state index in [1.807, 2.05) is 0 Å². The minimum absolute atomic E-state index is 0.0231. The second-order valence-corrected chi connectivity index (χ2v) is 4.63. The van der Waals surface area contributed by atoms with Crippen molar-refractivity contribution < 1.29 is 9.72 Å². The van der Waals surface area contributed by atoms with E-state index >= 15 is 0 Å². The molecule has 1 N–H and O–H groups in total. The fourth-order valence-electron chi connectivity index (χ4n) is 1.85. The number of rotatable bonds is 3. The Hall–Kier alpha value is -2.40. The molecule has 0 fully saturated rings. The third kappa shape index (κ3) is 2.95. The minimum Gasteiger partial charge on any atom is -0.322 e. The Morgan fingerprint density at radius 2 is 1.95 bits per heavy atom. The van der Waals surface area contributed by atoms with Crippen LogP contribution < -0.4 is 5.32 Å². The van der Waals surface area contributed by atoms with Crippen LogP contribution in [0.1, 0.15) is 15.9 Å². The standard InChI is InChI=1S/C14H11ClN2O3/c1-9-4-2-7-12(13(9)17(19)20)14(18)16-11-6-3-5-10(15)8-11/h2-8H,1H3,(H,16,18). The third-order valence-corrected chi connectivity index (χ3v) is 2.98. The average molecular weight is 291 g/mol. The number of hydrogen-bond donors (Lipinski definition) is 1. The van der Waals surface area contributed by atoms with Gasteiger partial charge >= 0.3 is 0 Å². The molecule has 6 heteroatoms. The molecule has 0 aliphatic carbocycles. The summed E-state index contributed by atoms with van der Waals surface area (Å²) in [7, 11) is 0. The largest absolute Gasteiger partial charge is 0.322 e. The van der Waals surface area contributed by atoms with Gasteiger partial charge in [0, 0.05) is 16.3 Å². The lowest BCUT2D eigenvalue weighted by molar-refractivity contribution is -0.385. The molecule has 0 bridgehead atoms. The smallest absolute Gasteiger partial charge is 0.285 e. The van der Waals surface area contributed by atoms with Crippen LogP contribution in [0.3, 0.4) is 0 Å². The molecule has 2 aromatic carbocycles. The first kappa shape index (κ1) is 14.0. The highest BCUT2D eigenvalue weighted by Gasteiger charge is 2.22. The van der Waals surface area contributed by atoms with Crippen LogP contribution in [0.2, 0.25) is 5.02 Å². The molecule has 0 atom stereocenters. The number of carbonyl (C=O) groups excluding carboxylic acids is 1. The lowest BCUT2D eigenvalue weighted by atomic mass is 10.1. The van der Waals surface area contributed by atoms with Crippen LogP contribution in [0, 0.1) is 17.0 Å². The second-order valence-electron chi connectivity index (χ2n) is 4.19. The zero-order valence-corrected chi connectivity index (χ0v) is 11.3. The lowest BCUT2D eigenvalue weighted by Gasteiger charge is -2.07. The highest BCUT2D eigenvalue weighted by Crippen LogP contribution is 2.24. The summed E-state index contributed by atoms with van der Waals surface area (Å²) in [4.78, 5) is 22.6. The fraction of sp³-hybridized carbons (Fsp3) is 0.0714. The third-order valence-electron chi connectivity index (χ3n) is 2.75. The number of nitro benzene ring substituents is 1. The highest BCUT2D eigenvalue weighted by atomic mass is 35.5. The van der Waals surface area contributed by atoms with Gasteiger partial charge in [-0.1, -0.05) is 29.8 Å². The highest BCUT2D eigenvalue weighted by molar-refractivity contribution is 6.31. The summed E-state index contributed by atoms with van der Waals surface area (Å²) < 4.78 is 0. The first-order valence-corrected chi connectivity index (χ1v) is 6.18. The van der Waals surface area contributed by atoms with Gasteiger partial charge in [0.1, 0.15) is 5.56 Å². The number of carbonyl (C=O) groups is 1. The maximum Gasteiger partial charge on any atom is 0.285 e. The van der Waals surface area contributed by atoms with E-state index < -0.39 is 10.8 Å². The minimum atomic E-state index is -0.553. The van der Waals surface area contributed by atoms with Gasteiger partial charge in [0.2, 0.25) is 0 Å². The van der Waals surface area contributed by atoms with Crippen LogP contribution in [0.15, 0.2) is 42.5 Å². The molecule has 0 aromatic heterocycles. The van der Waals surface area contributed by atoms with Crippen molar-refractivity contribution in [1.29, 1.82) is 0 Å². The molecule has 0 heterocycles. The van der Waals surface area contributed by atoms with Crippen LogP contribution in [0.25, 0.3) is 0 Å². The topological polar surface area (TPSA) is 72.2 Å². The molecule has 2 rings (SSSR count). The Kier molecular flexibility index (Phi) is 4.00. The summed E-state index contributed by atoms with van der Waals surface area (Å²) in [5.41, 5.74) is 0.758. The van der Waals surface area contributed by atoms with Gasteiger partial charge in [-0.2, -0.15) is 0 Å². The molecule has 2 aromatic rings. The average Bonchev–Trinajstić information content (AvgIpc) is 2.37. The van der Waals surface area contributed by atoms with Crippen LogP contribution in [-0.4, -0.2) is 10.8 Å².